The molecule has 1 amide bonds. The Morgan fingerprint density at radius 1 is 1.14 bits per heavy atom. The van der Waals surface area contributed by atoms with Crippen LogP contribution < -0.4 is 10.8 Å². The van der Waals surface area contributed by atoms with Crippen molar-refractivity contribution in [3.63, 3.8) is 0 Å². The van der Waals surface area contributed by atoms with Crippen LogP contribution in [0.2, 0.25) is 0 Å². The zero-order valence-electron chi connectivity index (χ0n) is 15.3. The third-order valence-electron chi connectivity index (χ3n) is 3.96. The van der Waals surface area contributed by atoms with E-state index in [9.17, 15) is 14.8 Å². The first kappa shape index (κ1) is 22.2. The van der Waals surface area contributed by atoms with E-state index < -0.39 is 5.97 Å². The number of hydrogen-bond acceptors (Lipinski definition) is 6. The maximum Gasteiger partial charge on any atom is 0.313 e. The van der Waals surface area contributed by atoms with Gasteiger partial charge in [0.2, 0.25) is 0 Å². The van der Waals surface area contributed by atoms with Crippen LogP contribution in [0.25, 0.3) is 0 Å². The Kier molecular flexibility index (Phi) is 8.04. The van der Waals surface area contributed by atoms with Gasteiger partial charge in [-0.2, -0.15) is 10.6 Å². The van der Waals surface area contributed by atoms with Crippen molar-refractivity contribution in [1.29, 1.82) is 0 Å². The normalized spacial score (nSPS) is 12.6. The van der Waals surface area contributed by atoms with Crippen molar-refractivity contribution in [3.8, 4) is 0 Å². The number of carboxylic acid groups (broad SMARTS) is 1. The first-order valence-corrected chi connectivity index (χ1v) is 9.46. The van der Waals surface area contributed by atoms with Crippen molar-refractivity contribution in [2.75, 3.05) is 5.75 Å². The van der Waals surface area contributed by atoms with E-state index in [1.54, 1.807) is 18.2 Å². The molecule has 0 spiro atoms. The average molecular weight is 417 g/mol. The van der Waals surface area contributed by atoms with Crippen molar-refractivity contribution in [2.24, 2.45) is 10.2 Å². The van der Waals surface area contributed by atoms with Gasteiger partial charge in [0, 0.05) is 36.2 Å². The Morgan fingerprint density at radius 3 is 2.59 bits per heavy atom. The number of nitrogens with zero attached hydrogens (tertiary/aromatic N) is 2. The molecule has 0 radical (unpaired) electrons. The lowest BCUT2D eigenvalue weighted by Crippen LogP contribution is -2.73. The van der Waals surface area contributed by atoms with Crippen molar-refractivity contribution < 1.29 is 30.9 Å². The largest absolute Gasteiger partial charge is 0.481 e. The minimum atomic E-state index is -0.921. The van der Waals surface area contributed by atoms with Gasteiger partial charge in [0.1, 0.15) is 5.04 Å². The number of carbonyl (C=O) groups is 2. The summed E-state index contributed by atoms with van der Waals surface area (Å²) < 4.78 is 0. The highest BCUT2D eigenvalue weighted by molar-refractivity contribution is 8.14. The molecule has 29 heavy (non-hydrogen) atoms. The molecular formula is C19H21N4O5S+. The second-order valence-corrected chi connectivity index (χ2v) is 7.09. The third-order valence-corrected chi connectivity index (χ3v) is 4.91. The lowest BCUT2D eigenvalue weighted by Gasteiger charge is -2.08. The standard InChI is InChI=1S/C19H18N4O4S.H2O/c24-18(25)11-28-17-9-16(21-22-17)13-6-14(8-15(7-13)23-27)19(26)20-10-12-4-2-1-3-5-12;/h1-8,23,27H,9-11H2,(H,20,26)(H,24,25);1H2/p+1. The van der Waals surface area contributed by atoms with Gasteiger partial charge in [-0.1, -0.05) is 42.1 Å². The van der Waals surface area contributed by atoms with Gasteiger partial charge in [-0.05, 0) is 11.6 Å². The smallest absolute Gasteiger partial charge is 0.313 e. The molecule has 0 bridgehead atoms. The molecule has 2 aromatic carbocycles. The number of quaternary nitrogens is 1. The van der Waals surface area contributed by atoms with Gasteiger partial charge >= 0.3 is 5.97 Å². The highest BCUT2D eigenvalue weighted by Crippen LogP contribution is 2.21. The van der Waals surface area contributed by atoms with Crippen molar-refractivity contribution in [2.45, 2.75) is 13.0 Å². The molecule has 1 aliphatic heterocycles. The Hall–Kier alpha value is -3.05. The fraction of sp³-hybridized carbons (Fsp3) is 0.158. The summed E-state index contributed by atoms with van der Waals surface area (Å²) in [7, 11) is 0. The molecule has 0 atom stereocenters. The number of hydrogen-bond donors (Lipinski definition) is 4. The summed E-state index contributed by atoms with van der Waals surface area (Å²) in [4.78, 5) is 23.2. The average Bonchev–Trinajstić information content (AvgIpc) is 3.20. The molecule has 3 rings (SSSR count). The van der Waals surface area contributed by atoms with Crippen molar-refractivity contribution >= 4 is 40.1 Å². The van der Waals surface area contributed by atoms with Crippen molar-refractivity contribution in [1.82, 2.24) is 5.32 Å². The summed E-state index contributed by atoms with van der Waals surface area (Å²) in [5, 5.41) is 29.7. The molecule has 1 heterocycles. The van der Waals surface area contributed by atoms with Gasteiger partial charge in [0.15, 0.2) is 5.69 Å². The molecule has 0 unspecified atom stereocenters. The Balaban J connectivity index is 0.00000300. The molecule has 1 aliphatic rings. The van der Waals surface area contributed by atoms with Crippen LogP contribution >= 0.6 is 11.8 Å². The molecule has 2 aromatic rings. The van der Waals surface area contributed by atoms with Gasteiger partial charge < -0.3 is 15.9 Å². The van der Waals surface area contributed by atoms with E-state index >= 15 is 0 Å². The molecule has 7 N–H and O–H groups in total. The lowest BCUT2D eigenvalue weighted by molar-refractivity contribution is -0.825. The number of benzene rings is 2. The predicted molar refractivity (Wildman–Crippen MR) is 110 cm³/mol. The van der Waals surface area contributed by atoms with Crippen LogP contribution in [0.4, 0.5) is 5.69 Å². The fourth-order valence-corrected chi connectivity index (χ4v) is 3.25. The molecule has 0 fully saturated rings. The molecule has 0 saturated heterocycles. The number of nitrogens with one attached hydrogen (secondary N) is 1. The Labute approximate surface area is 170 Å². The summed E-state index contributed by atoms with van der Waals surface area (Å²) in [6.07, 6.45) is 0.387. The number of rotatable bonds is 7. The Morgan fingerprint density at radius 2 is 1.90 bits per heavy atom. The minimum Gasteiger partial charge on any atom is -0.481 e. The van der Waals surface area contributed by atoms with Gasteiger partial charge in [-0.25, -0.2) is 5.21 Å². The number of carbonyl (C=O) groups excluding carboxylic acids is 1. The summed E-state index contributed by atoms with van der Waals surface area (Å²) in [6.45, 7) is 0.391. The lowest BCUT2D eigenvalue weighted by atomic mass is 10.0. The highest BCUT2D eigenvalue weighted by Gasteiger charge is 2.19. The fourth-order valence-electron chi connectivity index (χ4n) is 2.62. The maximum atomic E-state index is 12.6. The first-order chi connectivity index (χ1) is 13.5. The van der Waals surface area contributed by atoms with Crippen molar-refractivity contribution in [3.05, 3.63) is 65.2 Å². The molecule has 9 nitrogen and oxygen atoms in total. The Bertz CT molecular complexity index is 947. The van der Waals surface area contributed by atoms with E-state index in [1.165, 1.54) is 0 Å². The molecule has 10 heteroatoms. The SMILES string of the molecule is O.O=C(O)CSC1=NN=C(c2cc([NH2+]O)cc(C(=O)NCc3ccccc3)c2)C1. The second-order valence-electron chi connectivity index (χ2n) is 6.04. The molecule has 0 aromatic heterocycles. The van der Waals surface area contributed by atoms with E-state index in [1.807, 2.05) is 30.3 Å². The zero-order chi connectivity index (χ0) is 19.9. The summed E-state index contributed by atoms with van der Waals surface area (Å²) in [5.41, 5.74) is 4.04. The van der Waals surface area contributed by atoms with Crippen LogP contribution in [-0.4, -0.2) is 44.2 Å². The topological polar surface area (TPSA) is 159 Å². The quantitative estimate of drug-likeness (QED) is 0.385. The summed E-state index contributed by atoms with van der Waals surface area (Å²) in [5.74, 6) is -1.27. The molecule has 0 saturated carbocycles. The number of nitrogens with two attached hydrogens (primary N) is 1. The van der Waals surface area contributed by atoms with Crippen LogP contribution in [0.5, 0.6) is 0 Å². The van der Waals surface area contributed by atoms with Crippen LogP contribution in [0.15, 0.2) is 58.7 Å². The van der Waals surface area contributed by atoms with Crippen LogP contribution in [-0.2, 0) is 11.3 Å². The van der Waals surface area contributed by atoms with Crippen LogP contribution in [0, 0.1) is 0 Å². The predicted octanol–water partition coefficient (Wildman–Crippen LogP) is 0.700. The number of carboxylic acids is 1. The third kappa shape index (κ3) is 6.22. The van der Waals surface area contributed by atoms with E-state index in [0.717, 1.165) is 22.8 Å². The summed E-state index contributed by atoms with van der Waals surface area (Å²) >= 11 is 1.12. The number of thioether (sulfide) groups is 1. The maximum absolute atomic E-state index is 12.6. The first-order valence-electron chi connectivity index (χ1n) is 8.48. The van der Waals surface area contributed by atoms with E-state index in [4.69, 9.17) is 5.11 Å². The van der Waals surface area contributed by atoms with E-state index in [2.05, 4.69) is 15.5 Å². The van der Waals surface area contributed by atoms with Crippen LogP contribution in [0.3, 0.4) is 0 Å². The molecule has 0 aliphatic carbocycles. The monoisotopic (exact) mass is 417 g/mol. The van der Waals surface area contributed by atoms with Gasteiger partial charge in [-0.15, -0.1) is 5.10 Å². The van der Waals surface area contributed by atoms with Gasteiger partial charge in [0.25, 0.3) is 5.91 Å². The zero-order valence-corrected chi connectivity index (χ0v) is 16.1. The highest BCUT2D eigenvalue weighted by atomic mass is 32.2. The second kappa shape index (κ2) is 10.5. The molecule has 152 valence electrons. The minimum absolute atomic E-state index is 0. The van der Waals surface area contributed by atoms with Crippen LogP contribution in [0.1, 0.15) is 27.9 Å². The van der Waals surface area contributed by atoms with E-state index in [-0.39, 0.29) is 17.1 Å². The van der Waals surface area contributed by atoms with Gasteiger partial charge in [0.05, 0.1) is 11.5 Å². The van der Waals surface area contributed by atoms with E-state index in [0.29, 0.717) is 40.5 Å². The van der Waals surface area contributed by atoms with Gasteiger partial charge in [-0.3, -0.25) is 9.59 Å². The number of amides is 1. The molecular weight excluding hydrogens is 396 g/mol. The summed E-state index contributed by atoms with van der Waals surface area (Å²) in [6, 6.07) is 14.5. The number of aliphatic carboxylic acids is 1.